The van der Waals surface area contributed by atoms with Gasteiger partial charge in [-0.05, 0) is 31.4 Å². The maximum atomic E-state index is 11.5. The van der Waals surface area contributed by atoms with Crippen molar-refractivity contribution in [2.45, 2.75) is 31.9 Å². The van der Waals surface area contributed by atoms with Gasteiger partial charge in [0, 0.05) is 13.1 Å². The number of nitrogens with zero attached hydrogens (tertiary/aromatic N) is 1. The Hall–Kier alpha value is -0.860. The van der Waals surface area contributed by atoms with Gasteiger partial charge in [-0.2, -0.15) is 0 Å². The Morgan fingerprint density at radius 2 is 2.00 bits per heavy atom. The molecule has 0 bridgehead atoms. The van der Waals surface area contributed by atoms with Crippen LogP contribution in [0.15, 0.2) is 30.3 Å². The fourth-order valence-electron chi connectivity index (χ4n) is 2.16. The van der Waals surface area contributed by atoms with Crippen molar-refractivity contribution < 1.29 is 5.11 Å². The lowest BCUT2D eigenvalue weighted by Gasteiger charge is -2.20. The first kappa shape index (κ1) is 10.7. The van der Waals surface area contributed by atoms with Gasteiger partial charge < -0.3 is 0 Å². The quantitative estimate of drug-likeness (QED) is 0.725. The summed E-state index contributed by atoms with van der Waals surface area (Å²) in [7, 11) is 0. The third-order valence-electron chi connectivity index (χ3n) is 2.96. The van der Waals surface area contributed by atoms with Crippen molar-refractivity contribution in [1.29, 1.82) is 0 Å². The zero-order valence-corrected chi connectivity index (χ0v) is 9.06. The second-order valence-corrected chi connectivity index (χ2v) is 4.34. The van der Waals surface area contributed by atoms with Gasteiger partial charge in [-0.3, -0.25) is 4.90 Å². The molecule has 2 rings (SSSR count). The van der Waals surface area contributed by atoms with E-state index < -0.39 is 0 Å². The molecule has 2 nitrogen and oxygen atoms in total. The van der Waals surface area contributed by atoms with Crippen LogP contribution in [0.5, 0.6) is 0 Å². The van der Waals surface area contributed by atoms with Crippen LogP contribution in [0.1, 0.15) is 24.8 Å². The fraction of sp³-hybridized carbons (Fsp3) is 0.538. The van der Waals surface area contributed by atoms with Crippen LogP contribution in [0.3, 0.4) is 0 Å². The van der Waals surface area contributed by atoms with Crippen LogP contribution >= 0.6 is 0 Å². The summed E-state index contributed by atoms with van der Waals surface area (Å²) in [6.45, 7) is 2.72. The highest BCUT2D eigenvalue weighted by Gasteiger charge is 2.16. The van der Waals surface area contributed by atoms with E-state index >= 15 is 0 Å². The van der Waals surface area contributed by atoms with Gasteiger partial charge in [0.15, 0.2) is 0 Å². The van der Waals surface area contributed by atoms with Gasteiger partial charge in [-0.25, -0.2) is 5.11 Å². The molecule has 0 aliphatic carbocycles. The molecule has 0 saturated carbocycles. The van der Waals surface area contributed by atoms with Gasteiger partial charge in [0.2, 0.25) is 0 Å². The first-order valence-electron chi connectivity index (χ1n) is 5.77. The van der Waals surface area contributed by atoms with Crippen molar-refractivity contribution in [2.24, 2.45) is 0 Å². The first-order valence-corrected chi connectivity index (χ1v) is 5.77. The highest BCUT2D eigenvalue weighted by molar-refractivity contribution is 5.14. The molecule has 0 amide bonds. The second kappa shape index (κ2) is 5.29. The molecule has 0 aromatic heterocycles. The van der Waals surface area contributed by atoms with E-state index in [9.17, 15) is 5.11 Å². The second-order valence-electron chi connectivity index (χ2n) is 4.34. The van der Waals surface area contributed by atoms with Crippen LogP contribution < -0.4 is 0 Å². The molecule has 1 heterocycles. The SMILES string of the molecule is [O]C1CCCCN(Cc2ccccc2)C1. The number of hydrogen-bond acceptors (Lipinski definition) is 1. The van der Waals surface area contributed by atoms with Crippen molar-refractivity contribution in [1.82, 2.24) is 4.90 Å². The minimum Gasteiger partial charge on any atom is -0.296 e. The Kier molecular flexibility index (Phi) is 3.75. The lowest BCUT2D eigenvalue weighted by molar-refractivity contribution is 0.0533. The summed E-state index contributed by atoms with van der Waals surface area (Å²) in [4.78, 5) is 2.29. The van der Waals surface area contributed by atoms with E-state index in [1.165, 1.54) is 12.0 Å². The largest absolute Gasteiger partial charge is 0.296 e. The first-order chi connectivity index (χ1) is 7.34. The van der Waals surface area contributed by atoms with E-state index in [0.717, 1.165) is 32.5 Å². The third-order valence-corrected chi connectivity index (χ3v) is 2.96. The molecule has 2 heteroatoms. The zero-order valence-electron chi connectivity index (χ0n) is 9.06. The topological polar surface area (TPSA) is 23.1 Å². The Morgan fingerprint density at radius 1 is 1.20 bits per heavy atom. The van der Waals surface area contributed by atoms with Crippen LogP contribution in [-0.4, -0.2) is 24.1 Å². The predicted molar refractivity (Wildman–Crippen MR) is 60.0 cm³/mol. The van der Waals surface area contributed by atoms with E-state index in [-0.39, 0.29) is 6.10 Å². The molecule has 1 atom stereocenters. The minimum atomic E-state index is -0.379. The lowest BCUT2D eigenvalue weighted by atomic mass is 10.2. The summed E-state index contributed by atoms with van der Waals surface area (Å²) in [6.07, 6.45) is 2.74. The molecule has 81 valence electrons. The summed E-state index contributed by atoms with van der Waals surface area (Å²) in [5.41, 5.74) is 1.31. The van der Waals surface area contributed by atoms with Crippen LogP contribution in [-0.2, 0) is 11.7 Å². The molecule has 0 N–H and O–H groups in total. The molecule has 15 heavy (non-hydrogen) atoms. The standard InChI is InChI=1S/C13H18NO/c15-13-8-4-5-9-14(11-13)10-12-6-2-1-3-7-12/h1-3,6-7,13H,4-5,8-11H2. The minimum absolute atomic E-state index is 0.379. The predicted octanol–water partition coefficient (Wildman–Crippen LogP) is 2.47. The van der Waals surface area contributed by atoms with Crippen molar-refractivity contribution >= 4 is 0 Å². The molecule has 0 spiro atoms. The Morgan fingerprint density at radius 3 is 2.80 bits per heavy atom. The maximum absolute atomic E-state index is 11.5. The molecular formula is C13H18NO. The third kappa shape index (κ3) is 3.33. The number of hydrogen-bond donors (Lipinski definition) is 0. The highest BCUT2D eigenvalue weighted by Crippen LogP contribution is 2.13. The summed E-state index contributed by atoms with van der Waals surface area (Å²) < 4.78 is 0. The van der Waals surface area contributed by atoms with Gasteiger partial charge in [-0.1, -0.05) is 30.3 Å². The monoisotopic (exact) mass is 204 g/mol. The van der Waals surface area contributed by atoms with E-state index in [0.29, 0.717) is 0 Å². The summed E-state index contributed by atoms with van der Waals surface area (Å²) in [5.74, 6) is 0. The van der Waals surface area contributed by atoms with Crippen LogP contribution in [0, 0.1) is 0 Å². The molecule has 1 saturated heterocycles. The smallest absolute Gasteiger partial charge is 0.106 e. The normalized spacial score (nSPS) is 23.7. The van der Waals surface area contributed by atoms with Gasteiger partial charge in [0.05, 0.1) is 0 Å². The molecule has 1 aromatic rings. The summed E-state index contributed by atoms with van der Waals surface area (Å²) >= 11 is 0. The number of rotatable bonds is 2. The van der Waals surface area contributed by atoms with Gasteiger partial charge in [0.25, 0.3) is 0 Å². The molecule has 1 aliphatic heterocycles. The van der Waals surface area contributed by atoms with E-state index in [4.69, 9.17) is 0 Å². The molecule has 1 aromatic carbocycles. The van der Waals surface area contributed by atoms with Crippen molar-refractivity contribution in [3.63, 3.8) is 0 Å². The van der Waals surface area contributed by atoms with E-state index in [2.05, 4.69) is 29.2 Å². The molecule has 1 radical (unpaired) electrons. The maximum Gasteiger partial charge on any atom is 0.106 e. The van der Waals surface area contributed by atoms with E-state index in [1.54, 1.807) is 0 Å². The Bertz CT molecular complexity index is 286. The summed E-state index contributed by atoms with van der Waals surface area (Å²) in [5, 5.41) is 11.5. The van der Waals surface area contributed by atoms with Crippen LogP contribution in [0.25, 0.3) is 0 Å². The van der Waals surface area contributed by atoms with Crippen molar-refractivity contribution in [3.05, 3.63) is 35.9 Å². The Labute approximate surface area is 91.5 Å². The van der Waals surface area contributed by atoms with Crippen LogP contribution in [0.4, 0.5) is 0 Å². The number of benzene rings is 1. The Balaban J connectivity index is 1.93. The van der Waals surface area contributed by atoms with Gasteiger partial charge in [0.1, 0.15) is 6.10 Å². The average molecular weight is 204 g/mol. The molecular weight excluding hydrogens is 186 g/mol. The van der Waals surface area contributed by atoms with Crippen LogP contribution in [0.2, 0.25) is 0 Å². The lowest BCUT2D eigenvalue weighted by Crippen LogP contribution is -2.29. The van der Waals surface area contributed by atoms with Gasteiger partial charge >= 0.3 is 0 Å². The fourth-order valence-corrected chi connectivity index (χ4v) is 2.16. The van der Waals surface area contributed by atoms with Crippen molar-refractivity contribution in [3.8, 4) is 0 Å². The van der Waals surface area contributed by atoms with E-state index in [1.807, 2.05) is 6.07 Å². The van der Waals surface area contributed by atoms with Crippen molar-refractivity contribution in [2.75, 3.05) is 13.1 Å². The molecule has 1 aliphatic rings. The number of likely N-dealkylation sites (tertiary alicyclic amines) is 1. The van der Waals surface area contributed by atoms with Gasteiger partial charge in [-0.15, -0.1) is 0 Å². The zero-order chi connectivity index (χ0) is 10.5. The average Bonchev–Trinajstić information content (AvgIpc) is 2.44. The highest BCUT2D eigenvalue weighted by atomic mass is 16.3. The molecule has 1 fully saturated rings. The summed E-state index contributed by atoms with van der Waals surface area (Å²) in [6, 6.07) is 10.4. The molecule has 1 unspecified atom stereocenters.